The van der Waals surface area contributed by atoms with E-state index in [1.54, 1.807) is 16.8 Å². The Morgan fingerprint density at radius 1 is 0.829 bits per heavy atom. The number of aromatic nitrogens is 3. The van der Waals surface area contributed by atoms with Crippen LogP contribution < -0.4 is 15.1 Å². The number of nitrogens with zero attached hydrogens (tertiary/aromatic N) is 5. The summed E-state index contributed by atoms with van der Waals surface area (Å²) in [6.45, 7) is 2.39. The maximum atomic E-state index is 13.7. The minimum atomic E-state index is -4.57. The first kappa shape index (κ1) is 28.2. The van der Waals surface area contributed by atoms with E-state index in [4.69, 9.17) is 9.97 Å². The molecule has 214 valence electrons. The Kier molecular flexibility index (Phi) is 7.50. The Bertz CT molecular complexity index is 1530. The zero-order chi connectivity index (χ0) is 29.4. The minimum Gasteiger partial charge on any atom is -0.355 e. The Morgan fingerprint density at radius 3 is 2.22 bits per heavy atom. The molecule has 1 aliphatic rings. The Balaban J connectivity index is 1.53. The zero-order valence-electron chi connectivity index (χ0n) is 22.2. The van der Waals surface area contributed by atoms with Crippen molar-refractivity contribution in [2.45, 2.75) is 32.1 Å². The van der Waals surface area contributed by atoms with Crippen molar-refractivity contribution in [3.05, 3.63) is 94.8 Å². The number of anilines is 5. The quantitative estimate of drug-likeness (QED) is 0.253. The highest BCUT2D eigenvalue weighted by Gasteiger charge is 2.36. The van der Waals surface area contributed by atoms with Gasteiger partial charge in [-0.1, -0.05) is 18.2 Å². The summed E-state index contributed by atoms with van der Waals surface area (Å²) in [6, 6.07) is 14.5. The number of fused-ring (bicyclic) bond motifs is 1. The lowest BCUT2D eigenvalue weighted by Gasteiger charge is -2.24. The maximum Gasteiger partial charge on any atom is 0.419 e. The molecule has 0 amide bonds. The van der Waals surface area contributed by atoms with Gasteiger partial charge in [0.05, 0.1) is 16.8 Å². The van der Waals surface area contributed by atoms with E-state index in [1.807, 2.05) is 31.2 Å². The van der Waals surface area contributed by atoms with Crippen LogP contribution >= 0.6 is 0 Å². The number of rotatable bonds is 5. The molecular weight excluding hydrogens is 546 g/mol. The number of hydrogen-bond acceptors (Lipinski definition) is 6. The van der Waals surface area contributed by atoms with Gasteiger partial charge in [0.25, 0.3) is 0 Å². The predicted octanol–water partition coefficient (Wildman–Crippen LogP) is 7.33. The van der Waals surface area contributed by atoms with Gasteiger partial charge in [0.1, 0.15) is 11.6 Å². The Hall–Kier alpha value is -4.35. The average molecular weight is 573 g/mol. The van der Waals surface area contributed by atoms with Crippen LogP contribution in [0.3, 0.4) is 0 Å². The highest BCUT2D eigenvalue weighted by molar-refractivity contribution is 5.67. The van der Waals surface area contributed by atoms with Gasteiger partial charge in [-0.05, 0) is 61.4 Å². The van der Waals surface area contributed by atoms with Crippen LogP contribution in [-0.2, 0) is 25.2 Å². The van der Waals surface area contributed by atoms with Crippen LogP contribution in [0.4, 0.5) is 55.3 Å². The number of hydrogen-bond donors (Lipinski definition) is 1. The van der Waals surface area contributed by atoms with Crippen molar-refractivity contribution < 1.29 is 26.3 Å². The van der Waals surface area contributed by atoms with E-state index >= 15 is 0 Å². The summed E-state index contributed by atoms with van der Waals surface area (Å²) in [4.78, 5) is 17.0. The van der Waals surface area contributed by atoms with E-state index < -0.39 is 23.5 Å². The molecule has 3 heterocycles. The van der Waals surface area contributed by atoms with Gasteiger partial charge in [-0.15, -0.1) is 0 Å². The van der Waals surface area contributed by atoms with Crippen LogP contribution in [0.5, 0.6) is 0 Å². The highest BCUT2D eigenvalue weighted by atomic mass is 19.4. The molecule has 2 aromatic carbocycles. The van der Waals surface area contributed by atoms with Crippen molar-refractivity contribution in [2.24, 2.45) is 0 Å². The molecule has 1 aliphatic heterocycles. The van der Waals surface area contributed by atoms with Gasteiger partial charge in [-0.25, -0.2) is 9.97 Å². The molecule has 0 saturated heterocycles. The summed E-state index contributed by atoms with van der Waals surface area (Å²) in [5.74, 6) is 0.564. The van der Waals surface area contributed by atoms with Crippen LogP contribution in [0.1, 0.15) is 27.9 Å². The number of halogens is 6. The van der Waals surface area contributed by atoms with Crippen molar-refractivity contribution in [1.82, 2.24) is 15.0 Å². The van der Waals surface area contributed by atoms with E-state index in [-0.39, 0.29) is 18.9 Å². The lowest BCUT2D eigenvalue weighted by atomic mass is 10.1. The van der Waals surface area contributed by atoms with Gasteiger partial charge in [0, 0.05) is 49.7 Å². The molecule has 0 radical (unpaired) electrons. The maximum absolute atomic E-state index is 13.7. The second-order valence-corrected chi connectivity index (χ2v) is 9.70. The summed E-state index contributed by atoms with van der Waals surface area (Å²) < 4.78 is 80.5. The molecule has 2 aromatic heterocycles. The minimum absolute atomic E-state index is 0.157. The van der Waals surface area contributed by atoms with Gasteiger partial charge in [-0.3, -0.25) is 0 Å². The van der Waals surface area contributed by atoms with E-state index in [9.17, 15) is 26.3 Å². The largest absolute Gasteiger partial charge is 0.419 e. The normalized spacial score (nSPS) is 13.9. The SMILES string of the molecule is Cc1ccccc1N(C)c1nc2c(c(Nc3ccc(C(F)(F)F)cc3)n1)CCN(c1ncccc1C(F)(F)F)CC2. The van der Waals surface area contributed by atoms with Gasteiger partial charge < -0.3 is 15.1 Å². The van der Waals surface area contributed by atoms with Crippen LogP contribution in [0, 0.1) is 6.92 Å². The molecule has 0 aliphatic carbocycles. The molecule has 1 N–H and O–H groups in total. The van der Waals surface area contributed by atoms with Crippen LogP contribution in [0.15, 0.2) is 66.9 Å². The number of nitrogens with one attached hydrogen (secondary N) is 1. The molecule has 4 aromatic rings. The van der Waals surface area contributed by atoms with Crippen LogP contribution in [0.2, 0.25) is 0 Å². The fourth-order valence-electron chi connectivity index (χ4n) is 4.85. The molecular formula is C29H26F6N6. The summed E-state index contributed by atoms with van der Waals surface area (Å²) in [5.41, 5.74) is 1.93. The molecule has 0 unspecified atom stereocenters. The van der Waals surface area contributed by atoms with Crippen molar-refractivity contribution in [3.8, 4) is 0 Å². The molecule has 0 bridgehead atoms. The van der Waals surface area contributed by atoms with Gasteiger partial charge in [0.2, 0.25) is 5.95 Å². The second-order valence-electron chi connectivity index (χ2n) is 9.70. The summed E-state index contributed by atoms with van der Waals surface area (Å²) in [7, 11) is 1.80. The number of benzene rings is 2. The Morgan fingerprint density at radius 2 is 1.54 bits per heavy atom. The van der Waals surface area contributed by atoms with Crippen molar-refractivity contribution in [2.75, 3.05) is 35.3 Å². The zero-order valence-corrected chi connectivity index (χ0v) is 22.2. The van der Waals surface area contributed by atoms with Crippen LogP contribution in [-0.4, -0.2) is 35.1 Å². The second kappa shape index (κ2) is 10.9. The fourth-order valence-corrected chi connectivity index (χ4v) is 4.85. The lowest BCUT2D eigenvalue weighted by Crippen LogP contribution is -2.29. The molecule has 0 spiro atoms. The monoisotopic (exact) mass is 572 g/mol. The number of para-hydroxylation sites is 1. The standard InChI is InChI=1S/C29H26F6N6/c1-18-6-3-4-8-24(18)40(2)27-38-23-14-17-41(26-22(29(33,34)35)7-5-15-36-26)16-13-21(23)25(39-27)37-20-11-9-19(10-12-20)28(30,31)32/h3-12,15H,13-14,16-17H2,1-2H3,(H,37,38,39). The molecule has 0 fully saturated rings. The van der Waals surface area contributed by atoms with Crippen molar-refractivity contribution in [1.29, 1.82) is 0 Å². The molecule has 0 atom stereocenters. The number of pyridine rings is 1. The topological polar surface area (TPSA) is 57.2 Å². The third-order valence-electron chi connectivity index (χ3n) is 6.97. The van der Waals surface area contributed by atoms with Crippen molar-refractivity contribution in [3.63, 3.8) is 0 Å². The van der Waals surface area contributed by atoms with E-state index in [0.29, 0.717) is 41.6 Å². The molecule has 41 heavy (non-hydrogen) atoms. The van der Waals surface area contributed by atoms with Gasteiger partial charge in [0.15, 0.2) is 0 Å². The van der Waals surface area contributed by atoms with Crippen molar-refractivity contribution >= 4 is 29.0 Å². The fraction of sp³-hybridized carbons (Fsp3) is 0.276. The third-order valence-corrected chi connectivity index (χ3v) is 6.97. The lowest BCUT2D eigenvalue weighted by molar-refractivity contribution is -0.138. The van der Waals surface area contributed by atoms with Gasteiger partial charge >= 0.3 is 12.4 Å². The average Bonchev–Trinajstić information content (AvgIpc) is 3.15. The number of alkyl halides is 6. The first-order valence-electron chi connectivity index (χ1n) is 12.8. The molecule has 5 rings (SSSR count). The summed E-state index contributed by atoms with van der Waals surface area (Å²) in [6.07, 6.45) is -7.11. The predicted molar refractivity (Wildman–Crippen MR) is 145 cm³/mol. The summed E-state index contributed by atoms with van der Waals surface area (Å²) in [5, 5.41) is 3.13. The first-order valence-corrected chi connectivity index (χ1v) is 12.8. The molecule has 0 saturated carbocycles. The molecule has 12 heteroatoms. The van der Waals surface area contributed by atoms with Crippen LogP contribution in [0.25, 0.3) is 0 Å². The van der Waals surface area contributed by atoms with E-state index in [0.717, 1.165) is 29.4 Å². The smallest absolute Gasteiger partial charge is 0.355 e. The first-order chi connectivity index (χ1) is 19.4. The highest BCUT2D eigenvalue weighted by Crippen LogP contribution is 2.37. The number of aryl methyl sites for hydroxylation is 1. The molecule has 6 nitrogen and oxygen atoms in total. The van der Waals surface area contributed by atoms with E-state index in [2.05, 4.69) is 10.3 Å². The van der Waals surface area contributed by atoms with Gasteiger partial charge in [-0.2, -0.15) is 31.3 Å². The third kappa shape index (κ3) is 6.06. The Labute approximate surface area is 232 Å². The summed E-state index contributed by atoms with van der Waals surface area (Å²) >= 11 is 0. The van der Waals surface area contributed by atoms with E-state index in [1.165, 1.54) is 24.4 Å².